The topological polar surface area (TPSA) is 72.2 Å². The van der Waals surface area contributed by atoms with Gasteiger partial charge in [-0.05, 0) is 43.2 Å². The first-order valence-electron chi connectivity index (χ1n) is 6.92. The molecule has 21 heavy (non-hydrogen) atoms. The van der Waals surface area contributed by atoms with Crippen LogP contribution in [0.1, 0.15) is 30.4 Å². The fourth-order valence-corrected chi connectivity index (χ4v) is 5.07. The zero-order valence-electron chi connectivity index (χ0n) is 12.0. The molecule has 7 heteroatoms. The van der Waals surface area contributed by atoms with E-state index in [4.69, 9.17) is 18.0 Å². The Morgan fingerprint density at radius 3 is 2.81 bits per heavy atom. The number of aryl methyl sites for hydroxylation is 1. The predicted molar refractivity (Wildman–Crippen MR) is 92.4 cm³/mol. The molecular formula is C14H20N2O2S3. The monoisotopic (exact) mass is 344 g/mol. The fourth-order valence-electron chi connectivity index (χ4n) is 2.33. The molecular weight excluding hydrogens is 324 g/mol. The molecule has 1 aliphatic heterocycles. The Balaban J connectivity index is 2.08. The summed E-state index contributed by atoms with van der Waals surface area (Å²) in [6.45, 7) is 2.30. The van der Waals surface area contributed by atoms with E-state index in [1.807, 2.05) is 18.7 Å². The fraction of sp³-hybridized carbons (Fsp3) is 0.500. The SMILES string of the molecule is Cc1cc(S(=O)(=O)NCC2CCCCS2)ccc1C(N)=S. The number of rotatable bonds is 5. The summed E-state index contributed by atoms with van der Waals surface area (Å²) in [6.07, 6.45) is 3.49. The average molecular weight is 345 g/mol. The number of hydrogen-bond donors (Lipinski definition) is 2. The third-order valence-electron chi connectivity index (χ3n) is 3.55. The second kappa shape index (κ2) is 7.09. The molecule has 1 aromatic carbocycles. The van der Waals surface area contributed by atoms with E-state index in [9.17, 15) is 8.42 Å². The Hall–Kier alpha value is -0.630. The molecule has 1 unspecified atom stereocenters. The summed E-state index contributed by atoms with van der Waals surface area (Å²) in [5, 5.41) is 0.380. The quantitative estimate of drug-likeness (QED) is 0.801. The number of thiocarbonyl (C=S) groups is 1. The highest BCUT2D eigenvalue weighted by molar-refractivity contribution is 8.00. The molecule has 116 valence electrons. The van der Waals surface area contributed by atoms with Gasteiger partial charge in [0.25, 0.3) is 0 Å². The zero-order chi connectivity index (χ0) is 15.5. The zero-order valence-corrected chi connectivity index (χ0v) is 14.4. The first-order valence-corrected chi connectivity index (χ1v) is 9.86. The summed E-state index contributed by atoms with van der Waals surface area (Å²) in [5.74, 6) is 1.12. The second-order valence-electron chi connectivity index (χ2n) is 5.18. The van der Waals surface area contributed by atoms with Gasteiger partial charge in [0.15, 0.2) is 0 Å². The van der Waals surface area contributed by atoms with E-state index in [1.54, 1.807) is 18.2 Å². The number of thioether (sulfide) groups is 1. The Kier molecular flexibility index (Phi) is 5.65. The average Bonchev–Trinajstić information content (AvgIpc) is 2.46. The van der Waals surface area contributed by atoms with Crippen LogP contribution in [-0.2, 0) is 10.0 Å². The number of hydrogen-bond acceptors (Lipinski definition) is 4. The Morgan fingerprint density at radius 1 is 1.48 bits per heavy atom. The molecule has 0 aromatic heterocycles. The summed E-state index contributed by atoms with van der Waals surface area (Å²) >= 11 is 6.78. The molecule has 1 fully saturated rings. The number of sulfonamides is 1. The van der Waals surface area contributed by atoms with Gasteiger partial charge in [-0.1, -0.05) is 24.7 Å². The van der Waals surface area contributed by atoms with Crippen molar-refractivity contribution in [3.63, 3.8) is 0 Å². The van der Waals surface area contributed by atoms with Gasteiger partial charge in [-0.25, -0.2) is 13.1 Å². The molecule has 0 spiro atoms. The summed E-state index contributed by atoms with van der Waals surface area (Å²) in [6, 6.07) is 4.84. The van der Waals surface area contributed by atoms with Crippen molar-refractivity contribution in [3.05, 3.63) is 29.3 Å². The van der Waals surface area contributed by atoms with Crippen molar-refractivity contribution in [1.82, 2.24) is 4.72 Å². The third kappa shape index (κ3) is 4.42. The third-order valence-corrected chi connectivity index (χ3v) is 6.59. The molecule has 0 bridgehead atoms. The lowest BCUT2D eigenvalue weighted by Crippen LogP contribution is -2.32. The van der Waals surface area contributed by atoms with Gasteiger partial charge in [0.1, 0.15) is 4.99 Å². The molecule has 0 saturated carbocycles. The second-order valence-corrected chi connectivity index (χ2v) is 8.80. The lowest BCUT2D eigenvalue weighted by Gasteiger charge is -2.21. The van der Waals surface area contributed by atoms with E-state index in [2.05, 4.69) is 4.72 Å². The largest absolute Gasteiger partial charge is 0.389 e. The molecule has 4 nitrogen and oxygen atoms in total. The first kappa shape index (κ1) is 16.7. The Morgan fingerprint density at radius 2 is 2.24 bits per heavy atom. The molecule has 1 aliphatic rings. The van der Waals surface area contributed by atoms with Crippen molar-refractivity contribution in [2.45, 2.75) is 36.3 Å². The van der Waals surface area contributed by atoms with Gasteiger partial charge in [0.2, 0.25) is 10.0 Å². The maximum Gasteiger partial charge on any atom is 0.240 e. The van der Waals surface area contributed by atoms with E-state index < -0.39 is 10.0 Å². The predicted octanol–water partition coefficient (Wildman–Crippen LogP) is 2.19. The van der Waals surface area contributed by atoms with Crippen LogP contribution in [-0.4, -0.2) is 31.0 Å². The summed E-state index contributed by atoms with van der Waals surface area (Å²) in [5.41, 5.74) is 7.08. The summed E-state index contributed by atoms with van der Waals surface area (Å²) < 4.78 is 27.4. The number of benzene rings is 1. The normalized spacial score (nSPS) is 19.4. The Bertz CT molecular complexity index is 623. The van der Waals surface area contributed by atoms with Crippen molar-refractivity contribution < 1.29 is 8.42 Å². The van der Waals surface area contributed by atoms with E-state index in [1.165, 1.54) is 12.8 Å². The van der Waals surface area contributed by atoms with Gasteiger partial charge in [-0.2, -0.15) is 11.8 Å². The lowest BCUT2D eigenvalue weighted by atomic mass is 10.1. The van der Waals surface area contributed by atoms with Crippen molar-refractivity contribution in [1.29, 1.82) is 0 Å². The van der Waals surface area contributed by atoms with Crippen LogP contribution in [0.5, 0.6) is 0 Å². The number of nitrogens with two attached hydrogens (primary N) is 1. The minimum absolute atomic E-state index is 0.265. The van der Waals surface area contributed by atoms with Gasteiger partial charge >= 0.3 is 0 Å². The molecule has 1 atom stereocenters. The van der Waals surface area contributed by atoms with E-state index >= 15 is 0 Å². The van der Waals surface area contributed by atoms with Crippen LogP contribution in [0.4, 0.5) is 0 Å². The van der Waals surface area contributed by atoms with E-state index in [0.717, 1.165) is 17.7 Å². The molecule has 2 rings (SSSR count). The van der Waals surface area contributed by atoms with Crippen LogP contribution in [0, 0.1) is 6.92 Å². The molecule has 0 radical (unpaired) electrons. The van der Waals surface area contributed by atoms with Gasteiger partial charge in [0, 0.05) is 17.4 Å². The smallest absolute Gasteiger partial charge is 0.240 e. The molecule has 3 N–H and O–H groups in total. The molecule has 0 aliphatic carbocycles. The maximum atomic E-state index is 12.3. The lowest BCUT2D eigenvalue weighted by molar-refractivity contribution is 0.573. The van der Waals surface area contributed by atoms with E-state index in [-0.39, 0.29) is 9.88 Å². The van der Waals surface area contributed by atoms with Crippen LogP contribution in [0.15, 0.2) is 23.1 Å². The van der Waals surface area contributed by atoms with Crippen molar-refractivity contribution in [3.8, 4) is 0 Å². The standard InChI is InChI=1S/C14H20N2O2S3/c1-10-8-12(5-6-13(10)14(15)19)21(17,18)16-9-11-4-2-3-7-20-11/h5-6,8,11,16H,2-4,7,9H2,1H3,(H2,15,19). The molecule has 1 heterocycles. The molecule has 0 amide bonds. The molecule has 1 aromatic rings. The van der Waals surface area contributed by atoms with E-state index in [0.29, 0.717) is 17.4 Å². The Labute approximate surface area is 135 Å². The van der Waals surface area contributed by atoms with Crippen LogP contribution in [0.3, 0.4) is 0 Å². The highest BCUT2D eigenvalue weighted by Crippen LogP contribution is 2.25. The van der Waals surface area contributed by atoms with Gasteiger partial charge in [0.05, 0.1) is 4.90 Å². The van der Waals surface area contributed by atoms with Crippen molar-refractivity contribution >= 4 is 39.0 Å². The highest BCUT2D eigenvalue weighted by atomic mass is 32.2. The first-order chi connectivity index (χ1) is 9.90. The minimum Gasteiger partial charge on any atom is -0.389 e. The van der Waals surface area contributed by atoms with Crippen molar-refractivity contribution in [2.75, 3.05) is 12.3 Å². The van der Waals surface area contributed by atoms with Crippen LogP contribution >= 0.6 is 24.0 Å². The minimum atomic E-state index is -3.47. The highest BCUT2D eigenvalue weighted by Gasteiger charge is 2.19. The van der Waals surface area contributed by atoms with Crippen LogP contribution < -0.4 is 10.5 Å². The van der Waals surface area contributed by atoms with Gasteiger partial charge in [-0.3, -0.25) is 0 Å². The van der Waals surface area contributed by atoms with Crippen molar-refractivity contribution in [2.24, 2.45) is 5.73 Å². The van der Waals surface area contributed by atoms with Gasteiger partial charge in [-0.15, -0.1) is 0 Å². The summed E-state index contributed by atoms with van der Waals surface area (Å²) in [7, 11) is -3.47. The summed E-state index contributed by atoms with van der Waals surface area (Å²) in [4.78, 5) is 0.545. The van der Waals surface area contributed by atoms with Crippen LogP contribution in [0.25, 0.3) is 0 Å². The van der Waals surface area contributed by atoms with Gasteiger partial charge < -0.3 is 5.73 Å². The van der Waals surface area contributed by atoms with Crippen LogP contribution in [0.2, 0.25) is 0 Å². The molecule has 1 saturated heterocycles. The number of nitrogens with one attached hydrogen (secondary N) is 1. The maximum absolute atomic E-state index is 12.3.